The molecule has 1 atom stereocenters. The summed E-state index contributed by atoms with van der Waals surface area (Å²) in [5.41, 5.74) is 0. The number of rotatable bonds is 3. The molecule has 1 aromatic rings. The molecule has 0 radical (unpaired) electrons. The van der Waals surface area contributed by atoms with E-state index in [2.05, 4.69) is 4.90 Å². The van der Waals surface area contributed by atoms with Gasteiger partial charge in [0.1, 0.15) is 10.7 Å². The molecule has 24 heavy (non-hydrogen) atoms. The van der Waals surface area contributed by atoms with Crippen LogP contribution in [0.2, 0.25) is 0 Å². The lowest BCUT2D eigenvalue weighted by molar-refractivity contribution is -0.127. The maximum absolute atomic E-state index is 13.2. The Morgan fingerprint density at radius 3 is 2.38 bits per heavy atom. The zero-order valence-corrected chi connectivity index (χ0v) is 15.4. The van der Waals surface area contributed by atoms with E-state index in [0.29, 0.717) is 19.3 Å². The molecule has 2 fully saturated rings. The molecule has 1 spiro atoms. The first kappa shape index (κ1) is 17.7. The number of hydrogen-bond acceptors (Lipinski definition) is 5. The molecule has 0 bridgehead atoms. The smallest absolute Gasteiger partial charge is 0.267 e. The number of piperidine rings is 1. The Bertz CT molecular complexity index is 728. The molecule has 2 aliphatic heterocycles. The molecule has 0 aliphatic carbocycles. The molecule has 3 rings (SSSR count). The fourth-order valence-electron chi connectivity index (χ4n) is 3.29. The summed E-state index contributed by atoms with van der Waals surface area (Å²) >= 11 is 1.47. The summed E-state index contributed by atoms with van der Waals surface area (Å²) in [7, 11) is -2.00. The predicted octanol–water partition coefficient (Wildman–Crippen LogP) is 2.29. The Balaban J connectivity index is 2.04. The van der Waals surface area contributed by atoms with Crippen molar-refractivity contribution in [3.8, 4) is 0 Å². The van der Waals surface area contributed by atoms with Crippen molar-refractivity contribution in [3.05, 3.63) is 30.1 Å². The second-order valence-electron chi connectivity index (χ2n) is 6.33. The van der Waals surface area contributed by atoms with E-state index in [-0.39, 0.29) is 16.1 Å². The van der Waals surface area contributed by atoms with Crippen LogP contribution in [0.4, 0.5) is 4.39 Å². The number of sulfonamides is 1. The summed E-state index contributed by atoms with van der Waals surface area (Å²) in [6.07, 6.45) is 1.81. The van der Waals surface area contributed by atoms with Gasteiger partial charge < -0.3 is 4.90 Å². The number of benzene rings is 1. The molecule has 8 heteroatoms. The fourth-order valence-corrected chi connectivity index (χ4v) is 6.96. The zero-order chi connectivity index (χ0) is 17.5. The van der Waals surface area contributed by atoms with Crippen molar-refractivity contribution in [2.45, 2.75) is 41.2 Å². The van der Waals surface area contributed by atoms with Gasteiger partial charge in [0.05, 0.1) is 10.1 Å². The van der Waals surface area contributed by atoms with Crippen molar-refractivity contribution in [2.24, 2.45) is 0 Å². The van der Waals surface area contributed by atoms with Crippen LogP contribution in [0.25, 0.3) is 0 Å². The van der Waals surface area contributed by atoms with Crippen LogP contribution in [0.5, 0.6) is 0 Å². The van der Waals surface area contributed by atoms with Gasteiger partial charge in [0, 0.05) is 13.1 Å². The highest BCUT2D eigenvalue weighted by molar-refractivity contribution is 8.03. The van der Waals surface area contributed by atoms with Crippen molar-refractivity contribution in [1.29, 1.82) is 0 Å². The van der Waals surface area contributed by atoms with Crippen LogP contribution in [0.3, 0.4) is 0 Å². The molecule has 0 N–H and O–H groups in total. The molecule has 1 amide bonds. The van der Waals surface area contributed by atoms with Crippen molar-refractivity contribution in [3.63, 3.8) is 0 Å². The quantitative estimate of drug-likeness (QED) is 0.815. The minimum atomic E-state index is -4.00. The summed E-state index contributed by atoms with van der Waals surface area (Å²) in [5.74, 6) is -0.854. The van der Waals surface area contributed by atoms with Gasteiger partial charge in [-0.1, -0.05) is 6.92 Å². The minimum absolute atomic E-state index is 0.0343. The van der Waals surface area contributed by atoms with E-state index in [1.807, 2.05) is 14.0 Å². The largest absolute Gasteiger partial charge is 0.306 e. The summed E-state index contributed by atoms with van der Waals surface area (Å²) in [5, 5.41) is -0.344. The molecular weight excluding hydrogens is 351 g/mol. The van der Waals surface area contributed by atoms with Gasteiger partial charge in [0.15, 0.2) is 0 Å². The normalized spacial score (nSPS) is 24.7. The average molecular weight is 372 g/mol. The lowest BCUT2D eigenvalue weighted by atomic mass is 10.0. The van der Waals surface area contributed by atoms with E-state index >= 15 is 0 Å². The number of halogens is 1. The molecule has 2 saturated heterocycles. The third-order valence-corrected chi connectivity index (χ3v) is 8.54. The first-order valence-electron chi connectivity index (χ1n) is 8.01. The number of nitrogens with zero attached hydrogens (tertiary/aromatic N) is 2. The van der Waals surface area contributed by atoms with E-state index in [1.54, 1.807) is 0 Å². The van der Waals surface area contributed by atoms with Crippen LogP contribution < -0.4 is 0 Å². The van der Waals surface area contributed by atoms with E-state index < -0.39 is 20.7 Å². The molecule has 0 saturated carbocycles. The first-order chi connectivity index (χ1) is 11.3. The van der Waals surface area contributed by atoms with Crippen molar-refractivity contribution < 1.29 is 17.6 Å². The SMILES string of the molecule is CC[C@H]1SC2(CCN(C)CC2)N(S(=O)(=O)c2ccc(F)cc2)C1=O. The molecule has 2 heterocycles. The number of hydrogen-bond donors (Lipinski definition) is 0. The van der Waals surface area contributed by atoms with E-state index in [9.17, 15) is 17.6 Å². The van der Waals surface area contributed by atoms with Gasteiger partial charge in [-0.25, -0.2) is 17.1 Å². The molecular formula is C16H21FN2O3S2. The van der Waals surface area contributed by atoms with E-state index in [1.165, 1.54) is 23.9 Å². The molecule has 0 aromatic heterocycles. The highest BCUT2D eigenvalue weighted by atomic mass is 32.2. The molecule has 132 valence electrons. The summed E-state index contributed by atoms with van der Waals surface area (Å²) < 4.78 is 40.5. The van der Waals surface area contributed by atoms with Crippen LogP contribution in [-0.2, 0) is 14.8 Å². The van der Waals surface area contributed by atoms with Crippen molar-refractivity contribution >= 4 is 27.7 Å². The topological polar surface area (TPSA) is 57.7 Å². The van der Waals surface area contributed by atoms with Crippen molar-refractivity contribution in [1.82, 2.24) is 9.21 Å². The second-order valence-corrected chi connectivity index (χ2v) is 9.68. The van der Waals surface area contributed by atoms with Gasteiger partial charge >= 0.3 is 0 Å². The first-order valence-corrected chi connectivity index (χ1v) is 10.3. The number of thioether (sulfide) groups is 1. The minimum Gasteiger partial charge on any atom is -0.306 e. The maximum Gasteiger partial charge on any atom is 0.267 e. The van der Waals surface area contributed by atoms with E-state index in [4.69, 9.17) is 0 Å². The third-order valence-electron chi connectivity index (χ3n) is 4.70. The van der Waals surface area contributed by atoms with Crippen LogP contribution in [-0.4, -0.2) is 53.8 Å². The standard InChI is InChI=1S/C16H21FN2O3S2/c1-3-14-15(20)19(16(23-14)8-10-18(2)11-9-16)24(21,22)13-6-4-12(17)5-7-13/h4-7,14H,3,8-11H2,1-2H3/t14-/m1/s1. The summed E-state index contributed by atoms with van der Waals surface area (Å²) in [6, 6.07) is 4.67. The lowest BCUT2D eigenvalue weighted by Gasteiger charge is -2.42. The Morgan fingerprint density at radius 1 is 1.25 bits per heavy atom. The van der Waals surface area contributed by atoms with Gasteiger partial charge in [0.25, 0.3) is 15.9 Å². The molecule has 0 unspecified atom stereocenters. The molecule has 1 aromatic carbocycles. The number of amides is 1. The summed E-state index contributed by atoms with van der Waals surface area (Å²) in [4.78, 5) is 14.2. The predicted molar refractivity (Wildman–Crippen MR) is 91.6 cm³/mol. The molecule has 2 aliphatic rings. The number of carbonyl (C=O) groups excluding carboxylic acids is 1. The fraction of sp³-hybridized carbons (Fsp3) is 0.562. The van der Waals surface area contributed by atoms with Crippen molar-refractivity contribution in [2.75, 3.05) is 20.1 Å². The highest BCUT2D eigenvalue weighted by Gasteiger charge is 2.57. The Labute approximate surface area is 146 Å². The lowest BCUT2D eigenvalue weighted by Crippen LogP contribution is -2.53. The van der Waals surface area contributed by atoms with Gasteiger partial charge in [0.2, 0.25) is 0 Å². The zero-order valence-electron chi connectivity index (χ0n) is 13.7. The van der Waals surface area contributed by atoms with E-state index in [0.717, 1.165) is 29.5 Å². The molecule has 5 nitrogen and oxygen atoms in total. The van der Waals surface area contributed by atoms with Crippen LogP contribution in [0.15, 0.2) is 29.2 Å². The Morgan fingerprint density at radius 2 is 1.83 bits per heavy atom. The van der Waals surface area contributed by atoms with Crippen LogP contribution >= 0.6 is 11.8 Å². The maximum atomic E-state index is 13.2. The van der Waals surface area contributed by atoms with Crippen LogP contribution in [0, 0.1) is 5.82 Å². The second kappa shape index (κ2) is 6.31. The van der Waals surface area contributed by atoms with Gasteiger partial charge in [-0.05, 0) is 50.6 Å². The third kappa shape index (κ3) is 2.84. The van der Waals surface area contributed by atoms with Gasteiger partial charge in [-0.2, -0.15) is 0 Å². The highest BCUT2D eigenvalue weighted by Crippen LogP contribution is 2.51. The monoisotopic (exact) mass is 372 g/mol. The van der Waals surface area contributed by atoms with Crippen LogP contribution in [0.1, 0.15) is 26.2 Å². The number of carbonyl (C=O) groups is 1. The Kier molecular flexibility index (Phi) is 4.65. The Hall–Kier alpha value is -1.12. The average Bonchev–Trinajstić information content (AvgIpc) is 2.83. The van der Waals surface area contributed by atoms with Gasteiger partial charge in [-0.3, -0.25) is 4.79 Å². The number of likely N-dealkylation sites (tertiary alicyclic amines) is 1. The summed E-state index contributed by atoms with van der Waals surface area (Å²) in [6.45, 7) is 3.38. The van der Waals surface area contributed by atoms with Gasteiger partial charge in [-0.15, -0.1) is 11.8 Å².